The first-order chi connectivity index (χ1) is 9.65. The van der Waals surface area contributed by atoms with Gasteiger partial charge in [0.2, 0.25) is 5.91 Å². The summed E-state index contributed by atoms with van der Waals surface area (Å²) in [5, 5.41) is 12.4. The molecule has 0 spiro atoms. The summed E-state index contributed by atoms with van der Waals surface area (Å²) in [5.41, 5.74) is 0. The number of rotatable bonds is 5. The first kappa shape index (κ1) is 13.9. The average molecular weight is 294 g/mol. The van der Waals surface area contributed by atoms with Gasteiger partial charge >= 0.3 is 0 Å². The quantitative estimate of drug-likeness (QED) is 0.846. The van der Waals surface area contributed by atoms with Gasteiger partial charge in [-0.1, -0.05) is 24.6 Å². The van der Waals surface area contributed by atoms with Gasteiger partial charge in [-0.3, -0.25) is 4.79 Å². The Morgan fingerprint density at radius 3 is 2.65 bits per heavy atom. The molecule has 1 aromatic heterocycles. The lowest BCUT2D eigenvalue weighted by Crippen LogP contribution is -2.37. The van der Waals surface area contributed by atoms with Gasteiger partial charge in [0.05, 0.1) is 5.25 Å². The van der Waals surface area contributed by atoms with Crippen LogP contribution in [-0.2, 0) is 11.8 Å². The Kier molecular flexibility index (Phi) is 4.01. The normalized spacial score (nSPS) is 21.1. The van der Waals surface area contributed by atoms with E-state index in [0.29, 0.717) is 12.0 Å². The number of amides is 1. The maximum atomic E-state index is 12.2. The molecule has 1 amide bonds. The molecule has 1 atom stereocenters. The number of nitrogens with one attached hydrogen (secondary N) is 1. The molecule has 0 aliphatic heterocycles. The van der Waals surface area contributed by atoms with Crippen molar-refractivity contribution in [3.63, 3.8) is 0 Å². The van der Waals surface area contributed by atoms with Gasteiger partial charge in [0.25, 0.3) is 0 Å². The minimum Gasteiger partial charge on any atom is -0.352 e. The Hall–Kier alpha value is -1.04. The molecule has 2 aliphatic rings. The number of thioether (sulfide) groups is 1. The van der Waals surface area contributed by atoms with E-state index in [1.165, 1.54) is 37.4 Å². The van der Waals surface area contributed by atoms with Gasteiger partial charge in [-0.15, -0.1) is 10.2 Å². The van der Waals surface area contributed by atoms with Gasteiger partial charge in [-0.05, 0) is 32.6 Å². The summed E-state index contributed by atoms with van der Waals surface area (Å²) in [6, 6.07) is 0.382. The largest absolute Gasteiger partial charge is 0.352 e. The predicted octanol–water partition coefficient (Wildman–Crippen LogP) is 2.23. The van der Waals surface area contributed by atoms with Crippen molar-refractivity contribution in [1.29, 1.82) is 0 Å². The molecule has 0 aromatic carbocycles. The summed E-state index contributed by atoms with van der Waals surface area (Å²) in [4.78, 5) is 12.2. The fourth-order valence-electron chi connectivity index (χ4n) is 2.73. The highest BCUT2D eigenvalue weighted by Gasteiger charge is 2.30. The summed E-state index contributed by atoms with van der Waals surface area (Å²) in [7, 11) is 2.00. The first-order valence-corrected chi connectivity index (χ1v) is 8.39. The second-order valence-electron chi connectivity index (χ2n) is 5.92. The monoisotopic (exact) mass is 294 g/mol. The van der Waals surface area contributed by atoms with E-state index in [-0.39, 0.29) is 11.2 Å². The minimum absolute atomic E-state index is 0.120. The van der Waals surface area contributed by atoms with Crippen molar-refractivity contribution >= 4 is 17.7 Å². The van der Waals surface area contributed by atoms with Crippen LogP contribution >= 0.6 is 11.8 Å². The Labute approximate surface area is 123 Å². The molecule has 0 unspecified atom stereocenters. The first-order valence-electron chi connectivity index (χ1n) is 7.51. The average Bonchev–Trinajstić information content (AvgIpc) is 3.02. The molecule has 1 N–H and O–H groups in total. The number of carbonyl (C=O) groups excluding carboxylic acids is 1. The van der Waals surface area contributed by atoms with Crippen LogP contribution < -0.4 is 5.32 Å². The van der Waals surface area contributed by atoms with Crippen LogP contribution in [0, 0.1) is 0 Å². The fourth-order valence-corrected chi connectivity index (χ4v) is 3.56. The van der Waals surface area contributed by atoms with Crippen LogP contribution in [0.2, 0.25) is 0 Å². The second-order valence-corrected chi connectivity index (χ2v) is 7.23. The van der Waals surface area contributed by atoms with E-state index >= 15 is 0 Å². The van der Waals surface area contributed by atoms with Crippen LogP contribution in [0.3, 0.4) is 0 Å². The summed E-state index contributed by atoms with van der Waals surface area (Å²) < 4.78 is 2.04. The van der Waals surface area contributed by atoms with Gasteiger partial charge in [-0.2, -0.15) is 0 Å². The summed E-state index contributed by atoms with van der Waals surface area (Å²) in [6.07, 6.45) is 7.15. The van der Waals surface area contributed by atoms with Crippen LogP contribution in [0.4, 0.5) is 0 Å². The Morgan fingerprint density at radius 2 is 2.00 bits per heavy atom. The van der Waals surface area contributed by atoms with Crippen LogP contribution in [0.1, 0.15) is 57.2 Å². The van der Waals surface area contributed by atoms with Gasteiger partial charge in [0.1, 0.15) is 5.82 Å². The lowest BCUT2D eigenvalue weighted by Gasteiger charge is -2.15. The smallest absolute Gasteiger partial charge is 0.233 e. The second kappa shape index (κ2) is 5.76. The molecule has 0 radical (unpaired) electrons. The highest BCUT2D eigenvalue weighted by atomic mass is 32.2. The van der Waals surface area contributed by atoms with Gasteiger partial charge < -0.3 is 9.88 Å². The molecule has 20 heavy (non-hydrogen) atoms. The van der Waals surface area contributed by atoms with E-state index in [1.807, 2.05) is 18.5 Å². The standard InChI is InChI=1S/C14H22N4OS/c1-9(13(19)15-11-5-3-4-6-11)20-14-17-16-12(18(14)2)10-7-8-10/h9-11H,3-8H2,1-2H3,(H,15,19)/t9-/m1/s1. The maximum Gasteiger partial charge on any atom is 0.233 e. The zero-order chi connectivity index (χ0) is 14.1. The third-order valence-electron chi connectivity index (χ3n) is 4.16. The molecular weight excluding hydrogens is 272 g/mol. The third-order valence-corrected chi connectivity index (χ3v) is 5.30. The highest BCUT2D eigenvalue weighted by Crippen LogP contribution is 2.39. The van der Waals surface area contributed by atoms with Crippen LogP contribution in [0.15, 0.2) is 5.16 Å². The number of aromatic nitrogens is 3. The van der Waals surface area contributed by atoms with Gasteiger partial charge in [0.15, 0.2) is 5.16 Å². The minimum atomic E-state index is -0.120. The van der Waals surface area contributed by atoms with E-state index in [4.69, 9.17) is 0 Å². The van der Waals surface area contributed by atoms with Crippen molar-refractivity contribution < 1.29 is 4.79 Å². The molecule has 5 nitrogen and oxygen atoms in total. The topological polar surface area (TPSA) is 59.8 Å². The lowest BCUT2D eigenvalue weighted by atomic mass is 10.2. The SMILES string of the molecule is C[C@@H](Sc1nnc(C2CC2)n1C)C(=O)NC1CCCC1. The van der Waals surface area contributed by atoms with E-state index in [1.54, 1.807) is 0 Å². The molecule has 2 aliphatic carbocycles. The highest BCUT2D eigenvalue weighted by molar-refractivity contribution is 8.00. The molecule has 2 saturated carbocycles. The molecule has 6 heteroatoms. The molecule has 1 aromatic rings. The summed E-state index contributed by atoms with van der Waals surface area (Å²) in [6.45, 7) is 1.94. The van der Waals surface area contributed by atoms with Crippen LogP contribution in [0.25, 0.3) is 0 Å². The maximum absolute atomic E-state index is 12.2. The van der Waals surface area contributed by atoms with E-state index in [0.717, 1.165) is 23.8 Å². The van der Waals surface area contributed by atoms with Crippen molar-refractivity contribution in [3.8, 4) is 0 Å². The summed E-state index contributed by atoms with van der Waals surface area (Å²) in [5.74, 6) is 1.78. The Bertz CT molecular complexity index is 491. The third kappa shape index (κ3) is 3.00. The van der Waals surface area contributed by atoms with E-state index in [9.17, 15) is 4.79 Å². The number of carbonyl (C=O) groups is 1. The van der Waals surface area contributed by atoms with E-state index < -0.39 is 0 Å². The predicted molar refractivity (Wildman–Crippen MR) is 78.7 cm³/mol. The van der Waals surface area contributed by atoms with Crippen molar-refractivity contribution in [2.75, 3.05) is 0 Å². The number of hydrogen-bond acceptors (Lipinski definition) is 4. The van der Waals surface area contributed by atoms with Crippen molar-refractivity contribution in [3.05, 3.63) is 5.82 Å². The fraction of sp³-hybridized carbons (Fsp3) is 0.786. The van der Waals surface area contributed by atoms with Crippen molar-refractivity contribution in [1.82, 2.24) is 20.1 Å². The lowest BCUT2D eigenvalue weighted by molar-refractivity contribution is -0.120. The zero-order valence-corrected chi connectivity index (χ0v) is 12.9. The number of hydrogen-bond donors (Lipinski definition) is 1. The van der Waals surface area contributed by atoms with E-state index in [2.05, 4.69) is 15.5 Å². The van der Waals surface area contributed by atoms with Crippen LogP contribution in [0.5, 0.6) is 0 Å². The zero-order valence-electron chi connectivity index (χ0n) is 12.1. The molecule has 0 saturated heterocycles. The molecule has 0 bridgehead atoms. The number of nitrogens with zero attached hydrogens (tertiary/aromatic N) is 3. The molecule has 2 fully saturated rings. The van der Waals surface area contributed by atoms with Crippen molar-refractivity contribution in [2.45, 2.75) is 67.8 Å². The molecular formula is C14H22N4OS. The molecule has 1 heterocycles. The van der Waals surface area contributed by atoms with Gasteiger partial charge in [-0.25, -0.2) is 0 Å². The Morgan fingerprint density at radius 1 is 1.30 bits per heavy atom. The molecule has 110 valence electrons. The summed E-state index contributed by atoms with van der Waals surface area (Å²) >= 11 is 1.50. The molecule has 3 rings (SSSR count). The van der Waals surface area contributed by atoms with Crippen LogP contribution in [-0.4, -0.2) is 32.0 Å². The van der Waals surface area contributed by atoms with Crippen molar-refractivity contribution in [2.24, 2.45) is 7.05 Å². The van der Waals surface area contributed by atoms with Gasteiger partial charge in [0, 0.05) is 19.0 Å². The Balaban J connectivity index is 1.57.